The lowest BCUT2D eigenvalue weighted by atomic mass is 9.95. The first-order chi connectivity index (χ1) is 9.86. The van der Waals surface area contributed by atoms with Crippen molar-refractivity contribution >= 4 is 23.2 Å². The number of nitro groups is 1. The average Bonchev–Trinajstić information content (AvgIpc) is 2.46. The number of nitro benzene ring substituents is 1. The van der Waals surface area contributed by atoms with Gasteiger partial charge in [-0.05, 0) is 25.8 Å². The zero-order chi connectivity index (χ0) is 16.0. The molecule has 7 heteroatoms. The number of nitrogens with zero attached hydrogens (tertiary/aromatic N) is 1. The first kappa shape index (κ1) is 17.2. The van der Waals surface area contributed by atoms with Gasteiger partial charge >= 0.3 is 5.69 Å². The lowest BCUT2D eigenvalue weighted by Gasteiger charge is -2.29. The molecule has 0 radical (unpaired) electrons. The molecule has 0 saturated carbocycles. The van der Waals surface area contributed by atoms with Gasteiger partial charge in [0.05, 0.1) is 12.0 Å². The molecule has 0 spiro atoms. The quantitative estimate of drug-likeness (QED) is 0.476. The summed E-state index contributed by atoms with van der Waals surface area (Å²) in [6.45, 7) is 3.87. The van der Waals surface area contributed by atoms with E-state index < -0.39 is 10.5 Å². The molecular formula is C14H19ClN2O4. The minimum atomic E-state index is -0.551. The third-order valence-electron chi connectivity index (χ3n) is 3.48. The molecule has 1 N–H and O–H groups in total. The van der Waals surface area contributed by atoms with Crippen molar-refractivity contribution in [2.24, 2.45) is 0 Å². The fourth-order valence-electron chi connectivity index (χ4n) is 1.85. The lowest BCUT2D eigenvalue weighted by Crippen LogP contribution is -2.45. The number of hydrogen-bond acceptors (Lipinski definition) is 4. The Balaban J connectivity index is 3.00. The van der Waals surface area contributed by atoms with Gasteiger partial charge in [-0.2, -0.15) is 0 Å². The van der Waals surface area contributed by atoms with E-state index in [1.54, 1.807) is 0 Å². The number of carbonyl (C=O) groups is 1. The Hall–Kier alpha value is -1.82. The van der Waals surface area contributed by atoms with Crippen LogP contribution in [0.4, 0.5) is 5.69 Å². The summed E-state index contributed by atoms with van der Waals surface area (Å²) in [4.78, 5) is 22.5. The summed E-state index contributed by atoms with van der Waals surface area (Å²) in [6, 6.07) is 4.04. The topological polar surface area (TPSA) is 81.5 Å². The minimum absolute atomic E-state index is 0.0585. The second kappa shape index (κ2) is 7.26. The van der Waals surface area contributed by atoms with Crippen LogP contribution >= 0.6 is 11.6 Å². The summed E-state index contributed by atoms with van der Waals surface area (Å²) < 4.78 is 4.96. The van der Waals surface area contributed by atoms with Gasteiger partial charge in [-0.3, -0.25) is 14.9 Å². The SMILES string of the molecule is CCC(C)(CCCl)NC(=O)c1ccc([N+](=O)[O-])c(OC)c1. The van der Waals surface area contributed by atoms with E-state index in [4.69, 9.17) is 16.3 Å². The van der Waals surface area contributed by atoms with E-state index in [9.17, 15) is 14.9 Å². The summed E-state index contributed by atoms with van der Waals surface area (Å²) in [5.41, 5.74) is -0.270. The van der Waals surface area contributed by atoms with Crippen LogP contribution in [0.25, 0.3) is 0 Å². The number of halogens is 1. The van der Waals surface area contributed by atoms with Crippen molar-refractivity contribution in [2.45, 2.75) is 32.2 Å². The monoisotopic (exact) mass is 314 g/mol. The molecule has 21 heavy (non-hydrogen) atoms. The van der Waals surface area contributed by atoms with Crippen LogP contribution in [0.3, 0.4) is 0 Å². The average molecular weight is 315 g/mol. The normalized spacial score (nSPS) is 13.3. The molecule has 116 valence electrons. The van der Waals surface area contributed by atoms with Gasteiger partial charge in [-0.25, -0.2) is 0 Å². The fraction of sp³-hybridized carbons (Fsp3) is 0.500. The zero-order valence-corrected chi connectivity index (χ0v) is 13.1. The summed E-state index contributed by atoms with van der Waals surface area (Å²) in [5, 5.41) is 13.7. The number of benzene rings is 1. The van der Waals surface area contributed by atoms with Crippen molar-refractivity contribution in [2.75, 3.05) is 13.0 Å². The standard InChI is InChI=1S/C14H19ClN2O4/c1-4-14(2,7-8-15)16-13(18)10-5-6-11(17(19)20)12(9-10)21-3/h5-6,9H,4,7-8H2,1-3H3,(H,16,18). The van der Waals surface area contributed by atoms with Crippen LogP contribution in [0.2, 0.25) is 0 Å². The van der Waals surface area contributed by atoms with Crippen molar-refractivity contribution < 1.29 is 14.5 Å². The molecule has 1 atom stereocenters. The van der Waals surface area contributed by atoms with Gasteiger partial charge in [0.15, 0.2) is 5.75 Å². The molecule has 1 unspecified atom stereocenters. The summed E-state index contributed by atoms with van der Waals surface area (Å²) in [5.74, 6) is 0.189. The smallest absolute Gasteiger partial charge is 0.310 e. The van der Waals surface area contributed by atoms with Gasteiger partial charge in [-0.15, -0.1) is 11.6 Å². The highest BCUT2D eigenvalue weighted by molar-refractivity contribution is 6.17. The molecule has 1 rings (SSSR count). The largest absolute Gasteiger partial charge is 0.490 e. The van der Waals surface area contributed by atoms with Crippen molar-refractivity contribution in [1.29, 1.82) is 0 Å². The van der Waals surface area contributed by atoms with E-state index in [0.717, 1.165) is 6.42 Å². The second-order valence-corrected chi connectivity index (χ2v) is 5.33. The Labute approximate surface area is 128 Å². The van der Waals surface area contributed by atoms with Crippen LogP contribution < -0.4 is 10.1 Å². The van der Waals surface area contributed by atoms with Crippen molar-refractivity contribution in [3.8, 4) is 5.75 Å². The summed E-state index contributed by atoms with van der Waals surface area (Å²) in [7, 11) is 1.33. The van der Waals surface area contributed by atoms with Gasteiger partial charge in [-0.1, -0.05) is 6.92 Å². The molecule has 0 aliphatic carbocycles. The van der Waals surface area contributed by atoms with Crippen molar-refractivity contribution in [3.63, 3.8) is 0 Å². The van der Waals surface area contributed by atoms with Crippen LogP contribution in [0.1, 0.15) is 37.0 Å². The Morgan fingerprint density at radius 3 is 2.67 bits per heavy atom. The summed E-state index contributed by atoms with van der Waals surface area (Å²) >= 11 is 5.75. The molecule has 0 aliphatic rings. The number of nitrogens with one attached hydrogen (secondary N) is 1. The molecule has 1 amide bonds. The van der Waals surface area contributed by atoms with Crippen molar-refractivity contribution in [1.82, 2.24) is 5.32 Å². The van der Waals surface area contributed by atoms with Gasteiger partial charge in [0.2, 0.25) is 0 Å². The van der Waals surface area contributed by atoms with E-state index in [1.807, 2.05) is 13.8 Å². The maximum atomic E-state index is 12.3. The molecule has 1 aromatic carbocycles. The van der Waals surface area contributed by atoms with Crippen LogP contribution in [0.5, 0.6) is 5.75 Å². The van der Waals surface area contributed by atoms with Gasteiger partial charge in [0.1, 0.15) is 0 Å². The molecule has 0 aliphatic heterocycles. The fourth-order valence-corrected chi connectivity index (χ4v) is 2.27. The van der Waals surface area contributed by atoms with Gasteiger partial charge in [0.25, 0.3) is 5.91 Å². The van der Waals surface area contributed by atoms with Crippen LogP contribution in [-0.4, -0.2) is 29.4 Å². The van der Waals surface area contributed by atoms with E-state index in [-0.39, 0.29) is 17.3 Å². The van der Waals surface area contributed by atoms with Crippen LogP contribution in [-0.2, 0) is 0 Å². The molecule has 0 aromatic heterocycles. The maximum Gasteiger partial charge on any atom is 0.310 e. The molecule has 1 aromatic rings. The van der Waals surface area contributed by atoms with E-state index in [2.05, 4.69) is 5.32 Å². The van der Waals surface area contributed by atoms with Crippen LogP contribution in [0.15, 0.2) is 18.2 Å². The Morgan fingerprint density at radius 2 is 2.19 bits per heavy atom. The van der Waals surface area contributed by atoms with Gasteiger partial charge < -0.3 is 10.1 Å². The number of hydrogen-bond donors (Lipinski definition) is 1. The molecule has 0 bridgehead atoms. The predicted octanol–water partition coefficient (Wildman–Crippen LogP) is 3.13. The second-order valence-electron chi connectivity index (χ2n) is 4.95. The molecule has 0 fully saturated rings. The van der Waals surface area contributed by atoms with Crippen molar-refractivity contribution in [3.05, 3.63) is 33.9 Å². The number of ether oxygens (including phenoxy) is 1. The number of amides is 1. The zero-order valence-electron chi connectivity index (χ0n) is 12.3. The Kier molecular flexibility index (Phi) is 5.96. The highest BCUT2D eigenvalue weighted by Crippen LogP contribution is 2.28. The number of alkyl halides is 1. The number of rotatable bonds is 7. The molecule has 6 nitrogen and oxygen atoms in total. The Morgan fingerprint density at radius 1 is 1.52 bits per heavy atom. The first-order valence-electron chi connectivity index (χ1n) is 6.57. The van der Waals surface area contributed by atoms with E-state index in [0.29, 0.717) is 17.9 Å². The molecule has 0 saturated heterocycles. The molecule has 0 heterocycles. The van der Waals surface area contributed by atoms with Gasteiger partial charge in [0, 0.05) is 29.1 Å². The number of carbonyl (C=O) groups excluding carboxylic acids is 1. The first-order valence-corrected chi connectivity index (χ1v) is 7.11. The summed E-state index contributed by atoms with van der Waals surface area (Å²) in [6.07, 6.45) is 1.37. The number of methoxy groups -OCH3 is 1. The minimum Gasteiger partial charge on any atom is -0.490 e. The lowest BCUT2D eigenvalue weighted by molar-refractivity contribution is -0.385. The third-order valence-corrected chi connectivity index (χ3v) is 3.67. The van der Waals surface area contributed by atoms with E-state index in [1.165, 1.54) is 25.3 Å². The maximum absolute atomic E-state index is 12.3. The van der Waals surface area contributed by atoms with Crippen LogP contribution in [0, 0.1) is 10.1 Å². The third kappa shape index (κ3) is 4.32. The highest BCUT2D eigenvalue weighted by atomic mass is 35.5. The van der Waals surface area contributed by atoms with E-state index >= 15 is 0 Å². The Bertz CT molecular complexity index is 536. The molecular weight excluding hydrogens is 296 g/mol. The highest BCUT2D eigenvalue weighted by Gasteiger charge is 2.25. The predicted molar refractivity (Wildman–Crippen MR) is 81.1 cm³/mol.